The zero-order valence-corrected chi connectivity index (χ0v) is 12.3. The Hall–Kier alpha value is -0.480. The van der Waals surface area contributed by atoms with Crippen LogP contribution < -0.4 is 0 Å². The fraction of sp³-hybridized carbons (Fsp3) is 0.462. The average molecular weight is 317 g/mol. The second-order valence-corrected chi connectivity index (χ2v) is 5.49. The Balaban J connectivity index is 2.51. The van der Waals surface area contributed by atoms with Gasteiger partial charge in [0.15, 0.2) is 0 Å². The maximum Gasteiger partial charge on any atom is 0.303 e. The molecule has 0 fully saturated rings. The Kier molecular flexibility index (Phi) is 6.66. The third-order valence-electron chi connectivity index (χ3n) is 2.51. The molecular formula is C13H17BrO2S. The second-order valence-electron chi connectivity index (χ2n) is 3.76. The highest BCUT2D eigenvalue weighted by atomic mass is 79.9. The van der Waals surface area contributed by atoms with Crippen LogP contribution in [0.15, 0.2) is 23.1 Å². The van der Waals surface area contributed by atoms with E-state index in [0.717, 1.165) is 23.9 Å². The van der Waals surface area contributed by atoms with Crippen molar-refractivity contribution >= 4 is 33.7 Å². The average Bonchev–Trinajstić information content (AvgIpc) is 2.34. The highest BCUT2D eigenvalue weighted by molar-refractivity contribution is 9.08. The van der Waals surface area contributed by atoms with E-state index in [0.29, 0.717) is 0 Å². The summed E-state index contributed by atoms with van der Waals surface area (Å²) in [6, 6.07) is 6.48. The van der Waals surface area contributed by atoms with Gasteiger partial charge in [-0.25, -0.2) is 0 Å². The van der Waals surface area contributed by atoms with E-state index in [4.69, 9.17) is 5.11 Å². The molecule has 0 unspecified atom stereocenters. The van der Waals surface area contributed by atoms with Gasteiger partial charge in [-0.05, 0) is 41.9 Å². The van der Waals surface area contributed by atoms with Crippen LogP contribution in [-0.4, -0.2) is 16.8 Å². The third kappa shape index (κ3) is 5.13. The Bertz CT molecular complexity index is 380. The molecule has 0 atom stereocenters. The van der Waals surface area contributed by atoms with Gasteiger partial charge in [0.2, 0.25) is 0 Å². The van der Waals surface area contributed by atoms with Crippen molar-refractivity contribution < 1.29 is 9.90 Å². The number of hydrogen-bond acceptors (Lipinski definition) is 2. The molecule has 1 aromatic carbocycles. The summed E-state index contributed by atoms with van der Waals surface area (Å²) in [5, 5.41) is 9.42. The molecule has 0 aliphatic carbocycles. The van der Waals surface area contributed by atoms with Crippen LogP contribution in [0.5, 0.6) is 0 Å². The summed E-state index contributed by atoms with van der Waals surface area (Å²) in [4.78, 5) is 11.6. The molecule has 0 amide bonds. The lowest BCUT2D eigenvalue weighted by Crippen LogP contribution is -1.95. The lowest BCUT2D eigenvalue weighted by molar-refractivity contribution is -0.137. The zero-order valence-electron chi connectivity index (χ0n) is 9.91. The first kappa shape index (κ1) is 14.6. The minimum absolute atomic E-state index is 0.255. The van der Waals surface area contributed by atoms with E-state index in [-0.39, 0.29) is 6.42 Å². The second kappa shape index (κ2) is 7.77. The van der Waals surface area contributed by atoms with Crippen LogP contribution in [-0.2, 0) is 16.5 Å². The fourth-order valence-corrected chi connectivity index (χ4v) is 3.01. The summed E-state index contributed by atoms with van der Waals surface area (Å²) >= 11 is 5.22. The molecule has 1 rings (SSSR count). The van der Waals surface area contributed by atoms with E-state index < -0.39 is 5.97 Å². The Morgan fingerprint density at radius 1 is 1.41 bits per heavy atom. The van der Waals surface area contributed by atoms with Crippen LogP contribution in [0.1, 0.15) is 30.9 Å². The van der Waals surface area contributed by atoms with Crippen molar-refractivity contribution in [3.63, 3.8) is 0 Å². The first-order valence-corrected chi connectivity index (χ1v) is 7.80. The Morgan fingerprint density at radius 2 is 2.18 bits per heavy atom. The van der Waals surface area contributed by atoms with E-state index in [1.165, 1.54) is 16.0 Å². The van der Waals surface area contributed by atoms with Gasteiger partial charge in [-0.1, -0.05) is 28.9 Å². The van der Waals surface area contributed by atoms with Gasteiger partial charge in [-0.15, -0.1) is 11.8 Å². The van der Waals surface area contributed by atoms with E-state index >= 15 is 0 Å². The van der Waals surface area contributed by atoms with Crippen molar-refractivity contribution in [2.24, 2.45) is 0 Å². The molecule has 4 heteroatoms. The van der Waals surface area contributed by atoms with Crippen LogP contribution in [0, 0.1) is 0 Å². The summed E-state index contributed by atoms with van der Waals surface area (Å²) in [5.41, 5.74) is 2.70. The molecule has 0 saturated heterocycles. The largest absolute Gasteiger partial charge is 0.481 e. The number of aliphatic carboxylic acids is 1. The smallest absolute Gasteiger partial charge is 0.303 e. The molecule has 0 aromatic heterocycles. The van der Waals surface area contributed by atoms with Crippen molar-refractivity contribution in [3.8, 4) is 0 Å². The van der Waals surface area contributed by atoms with Crippen LogP contribution in [0.2, 0.25) is 0 Å². The van der Waals surface area contributed by atoms with E-state index in [2.05, 4.69) is 41.1 Å². The van der Waals surface area contributed by atoms with Crippen LogP contribution in [0.25, 0.3) is 0 Å². The van der Waals surface area contributed by atoms with Gasteiger partial charge in [0.1, 0.15) is 0 Å². The van der Waals surface area contributed by atoms with Crippen molar-refractivity contribution in [1.29, 1.82) is 0 Å². The molecule has 0 radical (unpaired) electrons. The van der Waals surface area contributed by atoms with Gasteiger partial charge in [-0.3, -0.25) is 4.79 Å². The maximum atomic E-state index is 10.4. The lowest BCUT2D eigenvalue weighted by Gasteiger charge is -2.07. The van der Waals surface area contributed by atoms with Crippen LogP contribution in [0.3, 0.4) is 0 Å². The summed E-state index contributed by atoms with van der Waals surface area (Å²) in [7, 11) is 0. The number of carboxylic acid groups (broad SMARTS) is 1. The Labute approximate surface area is 115 Å². The first-order valence-electron chi connectivity index (χ1n) is 5.69. The van der Waals surface area contributed by atoms with Gasteiger partial charge in [0.05, 0.1) is 0 Å². The van der Waals surface area contributed by atoms with Crippen molar-refractivity contribution in [3.05, 3.63) is 29.3 Å². The van der Waals surface area contributed by atoms with E-state index in [1.807, 2.05) is 0 Å². The van der Waals surface area contributed by atoms with Crippen molar-refractivity contribution in [2.75, 3.05) is 5.75 Å². The fourth-order valence-electron chi connectivity index (χ4n) is 1.57. The molecule has 0 saturated carbocycles. The molecule has 0 spiro atoms. The molecule has 0 aliphatic heterocycles. The standard InChI is InChI=1S/C13H17BrO2S/c1-2-10-5-6-12(8-11(10)9-14)17-7-3-4-13(15)16/h5-6,8H,2-4,7,9H2,1H3,(H,15,16). The molecule has 2 nitrogen and oxygen atoms in total. The zero-order chi connectivity index (χ0) is 12.7. The lowest BCUT2D eigenvalue weighted by atomic mass is 10.1. The van der Waals surface area contributed by atoms with E-state index in [9.17, 15) is 4.79 Å². The highest BCUT2D eigenvalue weighted by Gasteiger charge is 2.03. The number of alkyl halides is 1. The number of aryl methyl sites for hydroxylation is 1. The summed E-state index contributed by atoms with van der Waals surface area (Å²) in [6.07, 6.45) is 2.02. The quantitative estimate of drug-likeness (QED) is 0.467. The molecule has 0 heterocycles. The number of halogens is 1. The number of benzene rings is 1. The van der Waals surface area contributed by atoms with Gasteiger partial charge >= 0.3 is 5.97 Å². The predicted molar refractivity (Wildman–Crippen MR) is 76.0 cm³/mol. The van der Waals surface area contributed by atoms with E-state index in [1.54, 1.807) is 11.8 Å². The summed E-state index contributed by atoms with van der Waals surface area (Å²) < 4.78 is 0. The number of carbonyl (C=O) groups is 1. The normalized spacial score (nSPS) is 10.5. The molecule has 94 valence electrons. The number of rotatable bonds is 7. The van der Waals surface area contributed by atoms with Crippen LogP contribution >= 0.6 is 27.7 Å². The first-order chi connectivity index (χ1) is 8.17. The monoisotopic (exact) mass is 316 g/mol. The molecule has 17 heavy (non-hydrogen) atoms. The summed E-state index contributed by atoms with van der Waals surface area (Å²) in [5.74, 6) is 0.146. The number of hydrogen-bond donors (Lipinski definition) is 1. The third-order valence-corrected chi connectivity index (χ3v) is 4.19. The summed E-state index contributed by atoms with van der Waals surface area (Å²) in [6.45, 7) is 2.15. The highest BCUT2D eigenvalue weighted by Crippen LogP contribution is 2.24. The molecule has 0 bridgehead atoms. The Morgan fingerprint density at radius 3 is 2.76 bits per heavy atom. The van der Waals surface area contributed by atoms with Crippen molar-refractivity contribution in [2.45, 2.75) is 36.4 Å². The molecule has 0 aliphatic rings. The SMILES string of the molecule is CCc1ccc(SCCCC(=O)O)cc1CBr. The van der Waals surface area contributed by atoms with Gasteiger partial charge in [-0.2, -0.15) is 0 Å². The van der Waals surface area contributed by atoms with Gasteiger partial charge < -0.3 is 5.11 Å². The van der Waals surface area contributed by atoms with Gasteiger partial charge in [0, 0.05) is 16.6 Å². The molecule has 1 aromatic rings. The van der Waals surface area contributed by atoms with Crippen molar-refractivity contribution in [1.82, 2.24) is 0 Å². The molecule has 1 N–H and O–H groups in total. The minimum Gasteiger partial charge on any atom is -0.481 e. The topological polar surface area (TPSA) is 37.3 Å². The molecular weight excluding hydrogens is 300 g/mol. The van der Waals surface area contributed by atoms with Crippen LogP contribution in [0.4, 0.5) is 0 Å². The predicted octanol–water partition coefficient (Wildman–Crippen LogP) is 4.10. The minimum atomic E-state index is -0.715. The maximum absolute atomic E-state index is 10.4. The van der Waals surface area contributed by atoms with Gasteiger partial charge in [0.25, 0.3) is 0 Å². The number of carboxylic acids is 1. The number of thioether (sulfide) groups is 1.